The molecule has 0 aromatic heterocycles. The zero-order chi connectivity index (χ0) is 11.0. The van der Waals surface area contributed by atoms with Crippen LogP contribution in [0.25, 0.3) is 0 Å². The molecule has 0 aliphatic rings. The van der Waals surface area contributed by atoms with Crippen LogP contribution in [0, 0.1) is 5.41 Å². The third kappa shape index (κ3) is 7.54. The average Bonchev–Trinajstić information content (AvgIpc) is 2.12. The van der Waals surface area contributed by atoms with Crippen LogP contribution in [0.3, 0.4) is 0 Å². The molecule has 0 unspecified atom stereocenters. The van der Waals surface area contributed by atoms with E-state index in [2.05, 4.69) is 10.1 Å². The molecule has 0 rings (SSSR count). The van der Waals surface area contributed by atoms with Crippen LogP contribution in [-0.4, -0.2) is 31.5 Å². The third-order valence-corrected chi connectivity index (χ3v) is 1.80. The van der Waals surface area contributed by atoms with Crippen molar-refractivity contribution in [3.05, 3.63) is 0 Å². The van der Waals surface area contributed by atoms with Gasteiger partial charge in [-0.3, -0.25) is 10.2 Å². The Labute approximate surface area is 84.5 Å². The van der Waals surface area contributed by atoms with Gasteiger partial charge < -0.3 is 15.8 Å². The maximum atomic E-state index is 10.8. The normalized spacial score (nSPS) is 11.9. The Balaban J connectivity index is 3.39. The lowest BCUT2D eigenvalue weighted by molar-refractivity contribution is -0.141. The van der Waals surface area contributed by atoms with Crippen molar-refractivity contribution >= 4 is 11.8 Å². The van der Waals surface area contributed by atoms with Gasteiger partial charge in [0.05, 0.1) is 19.4 Å². The van der Waals surface area contributed by atoms with Gasteiger partial charge in [-0.25, -0.2) is 0 Å². The second-order valence-electron chi connectivity index (χ2n) is 3.23. The molecule has 0 radical (unpaired) electrons. The molecule has 0 aromatic rings. The Hall–Kier alpha value is -1.10. The predicted octanol–water partition coefficient (Wildman–Crippen LogP) is 0.244. The number of hydrogen-bond acceptors (Lipinski definition) is 4. The summed E-state index contributed by atoms with van der Waals surface area (Å²) in [5.41, 5.74) is 5.68. The van der Waals surface area contributed by atoms with Gasteiger partial charge >= 0.3 is 5.97 Å². The number of ether oxygens (including phenoxy) is 1. The fourth-order valence-corrected chi connectivity index (χ4v) is 1.04. The molecule has 0 heterocycles. The summed E-state index contributed by atoms with van der Waals surface area (Å²) in [6, 6.07) is -0.143. The second kappa shape index (κ2) is 7.32. The second-order valence-corrected chi connectivity index (χ2v) is 3.23. The van der Waals surface area contributed by atoms with Crippen molar-refractivity contribution in [1.29, 1.82) is 5.41 Å². The highest BCUT2D eigenvalue weighted by Gasteiger charge is 2.08. The highest BCUT2D eigenvalue weighted by Crippen LogP contribution is 1.99. The summed E-state index contributed by atoms with van der Waals surface area (Å²) in [5, 5.41) is 9.99. The third-order valence-electron chi connectivity index (χ3n) is 1.80. The lowest BCUT2D eigenvalue weighted by atomic mass is 10.1. The van der Waals surface area contributed by atoms with E-state index in [0.717, 1.165) is 19.4 Å². The van der Waals surface area contributed by atoms with Crippen molar-refractivity contribution in [3.63, 3.8) is 0 Å². The van der Waals surface area contributed by atoms with Crippen LogP contribution in [0.1, 0.15) is 26.2 Å². The predicted molar refractivity (Wildman–Crippen MR) is 55.2 cm³/mol. The quantitative estimate of drug-likeness (QED) is 0.249. The van der Waals surface area contributed by atoms with Gasteiger partial charge in [0, 0.05) is 12.6 Å². The molecular formula is C9H19N3O2. The lowest BCUT2D eigenvalue weighted by Crippen LogP contribution is -2.27. The Morgan fingerprint density at radius 1 is 1.64 bits per heavy atom. The number of nitrogens with one attached hydrogen (secondary N) is 2. The van der Waals surface area contributed by atoms with Gasteiger partial charge in [0.2, 0.25) is 0 Å². The molecule has 0 aromatic carbocycles. The maximum Gasteiger partial charge on any atom is 0.307 e. The van der Waals surface area contributed by atoms with E-state index in [0.29, 0.717) is 5.84 Å². The van der Waals surface area contributed by atoms with Crippen molar-refractivity contribution < 1.29 is 9.53 Å². The van der Waals surface area contributed by atoms with Gasteiger partial charge in [-0.05, 0) is 19.8 Å². The van der Waals surface area contributed by atoms with Crippen molar-refractivity contribution in [2.75, 3.05) is 13.7 Å². The molecule has 0 amide bonds. The Bertz CT molecular complexity index is 194. The summed E-state index contributed by atoms with van der Waals surface area (Å²) in [5.74, 6) is 0.181. The van der Waals surface area contributed by atoms with Crippen molar-refractivity contribution in [2.24, 2.45) is 5.73 Å². The summed E-state index contributed by atoms with van der Waals surface area (Å²) in [6.07, 6.45) is 1.88. The van der Waals surface area contributed by atoms with Crippen LogP contribution < -0.4 is 11.1 Å². The number of hydrogen-bond donors (Lipinski definition) is 3. The summed E-state index contributed by atoms with van der Waals surface area (Å²) in [6.45, 7) is 2.42. The van der Waals surface area contributed by atoms with E-state index in [1.807, 2.05) is 0 Å². The molecule has 0 spiro atoms. The number of carbonyl (C=O) groups is 1. The fourth-order valence-electron chi connectivity index (χ4n) is 1.04. The molecular weight excluding hydrogens is 182 g/mol. The smallest absolute Gasteiger partial charge is 0.307 e. The van der Waals surface area contributed by atoms with E-state index < -0.39 is 0 Å². The Kier molecular flexibility index (Phi) is 6.74. The molecule has 82 valence electrons. The monoisotopic (exact) mass is 201 g/mol. The zero-order valence-corrected chi connectivity index (χ0v) is 8.80. The molecule has 14 heavy (non-hydrogen) atoms. The highest BCUT2D eigenvalue weighted by atomic mass is 16.5. The molecule has 0 aliphatic heterocycles. The van der Waals surface area contributed by atoms with Gasteiger partial charge in [-0.15, -0.1) is 0 Å². The number of amidine groups is 1. The van der Waals surface area contributed by atoms with Crippen LogP contribution in [0.2, 0.25) is 0 Å². The molecule has 1 atom stereocenters. The van der Waals surface area contributed by atoms with Crippen LogP contribution in [0.15, 0.2) is 0 Å². The first-order chi connectivity index (χ1) is 6.56. The van der Waals surface area contributed by atoms with Gasteiger partial charge in [0.25, 0.3) is 0 Å². The first-order valence-corrected chi connectivity index (χ1v) is 4.67. The Morgan fingerprint density at radius 3 is 2.79 bits per heavy atom. The number of methoxy groups -OCH3 is 1. The minimum absolute atomic E-state index is 0.143. The van der Waals surface area contributed by atoms with Gasteiger partial charge in [0.15, 0.2) is 0 Å². The Morgan fingerprint density at radius 2 is 2.29 bits per heavy atom. The largest absolute Gasteiger partial charge is 0.469 e. The van der Waals surface area contributed by atoms with Crippen molar-refractivity contribution in [1.82, 2.24) is 5.32 Å². The molecule has 0 fully saturated rings. The molecule has 5 nitrogen and oxygen atoms in total. The molecule has 4 N–H and O–H groups in total. The molecule has 0 saturated heterocycles. The topological polar surface area (TPSA) is 88.2 Å². The number of rotatable bonds is 6. The fraction of sp³-hybridized carbons (Fsp3) is 0.778. The SMILES string of the molecule is COC(=O)C[C@@H](N)CCCNC(C)=N. The minimum Gasteiger partial charge on any atom is -0.469 e. The lowest BCUT2D eigenvalue weighted by Gasteiger charge is -2.10. The average molecular weight is 201 g/mol. The number of esters is 1. The van der Waals surface area contributed by atoms with Crippen LogP contribution >= 0.6 is 0 Å². The first-order valence-electron chi connectivity index (χ1n) is 4.67. The molecule has 5 heteroatoms. The molecule has 0 bridgehead atoms. The molecule has 0 aliphatic carbocycles. The number of nitrogens with two attached hydrogens (primary N) is 1. The van der Waals surface area contributed by atoms with Gasteiger partial charge in [-0.2, -0.15) is 0 Å². The molecule has 0 saturated carbocycles. The van der Waals surface area contributed by atoms with E-state index in [1.165, 1.54) is 7.11 Å². The first kappa shape index (κ1) is 12.9. The van der Waals surface area contributed by atoms with E-state index >= 15 is 0 Å². The maximum absolute atomic E-state index is 10.8. The highest BCUT2D eigenvalue weighted by molar-refractivity contribution is 5.75. The summed E-state index contributed by atoms with van der Waals surface area (Å²) in [4.78, 5) is 10.8. The van der Waals surface area contributed by atoms with Gasteiger partial charge in [0.1, 0.15) is 0 Å². The number of carbonyl (C=O) groups excluding carboxylic acids is 1. The van der Waals surface area contributed by atoms with Gasteiger partial charge in [-0.1, -0.05) is 0 Å². The van der Waals surface area contributed by atoms with Crippen LogP contribution in [0.4, 0.5) is 0 Å². The minimum atomic E-state index is -0.270. The summed E-state index contributed by atoms with van der Waals surface area (Å²) < 4.78 is 4.50. The van der Waals surface area contributed by atoms with Crippen molar-refractivity contribution in [3.8, 4) is 0 Å². The van der Waals surface area contributed by atoms with E-state index in [1.54, 1.807) is 6.92 Å². The standard InChI is InChI=1S/C9H19N3O2/c1-7(10)12-5-3-4-8(11)6-9(13)14-2/h8H,3-6,11H2,1-2H3,(H2,10,12)/t8-/m0/s1. The zero-order valence-electron chi connectivity index (χ0n) is 8.80. The van der Waals surface area contributed by atoms with Crippen molar-refractivity contribution in [2.45, 2.75) is 32.2 Å². The van der Waals surface area contributed by atoms with Crippen LogP contribution in [-0.2, 0) is 9.53 Å². The summed E-state index contributed by atoms with van der Waals surface area (Å²) in [7, 11) is 1.36. The van der Waals surface area contributed by atoms with E-state index in [-0.39, 0.29) is 18.4 Å². The van der Waals surface area contributed by atoms with E-state index in [9.17, 15) is 4.79 Å². The van der Waals surface area contributed by atoms with E-state index in [4.69, 9.17) is 11.1 Å². The van der Waals surface area contributed by atoms with Crippen LogP contribution in [0.5, 0.6) is 0 Å². The summed E-state index contributed by atoms with van der Waals surface area (Å²) >= 11 is 0.